The van der Waals surface area contributed by atoms with Crippen LogP contribution in [0.15, 0.2) is 12.5 Å². The van der Waals surface area contributed by atoms with Gasteiger partial charge in [0.15, 0.2) is 0 Å². The van der Waals surface area contributed by atoms with Gasteiger partial charge in [0.25, 0.3) is 5.91 Å². The Balaban J connectivity index is 0.000000810. The van der Waals surface area contributed by atoms with Crippen molar-refractivity contribution in [2.75, 3.05) is 0 Å². The minimum absolute atomic E-state index is 0. The van der Waals surface area contributed by atoms with Crippen LogP contribution in [0.1, 0.15) is 10.5 Å². The molecule has 1 amide bonds. The molecule has 0 aliphatic carbocycles. The van der Waals surface area contributed by atoms with Gasteiger partial charge < -0.3 is 10.3 Å². The first-order valence-electron chi connectivity index (χ1n) is 2.48. The van der Waals surface area contributed by atoms with Crippen LogP contribution in [0.3, 0.4) is 0 Å². The number of amides is 1. The van der Waals surface area contributed by atoms with E-state index in [1.807, 2.05) is 0 Å². The Kier molecular flexibility index (Phi) is 2.89. The Morgan fingerprint density at radius 2 is 2.40 bits per heavy atom. The van der Waals surface area contributed by atoms with Gasteiger partial charge >= 0.3 is 0 Å². The molecule has 1 aromatic heterocycles. The number of hydrogen-bond acceptors (Lipinski definition) is 2. The van der Waals surface area contributed by atoms with Crippen molar-refractivity contribution in [3.8, 4) is 0 Å². The minimum atomic E-state index is -0.449. The van der Waals surface area contributed by atoms with Gasteiger partial charge in [-0.15, -0.1) is 12.4 Å². The zero-order valence-electron chi connectivity index (χ0n) is 5.44. The maximum atomic E-state index is 10.4. The molecule has 0 radical (unpaired) electrons. The van der Waals surface area contributed by atoms with E-state index in [0.29, 0.717) is 5.69 Å². The average molecular weight is 162 g/mol. The highest BCUT2D eigenvalue weighted by molar-refractivity contribution is 5.90. The van der Waals surface area contributed by atoms with Gasteiger partial charge in [0.2, 0.25) is 0 Å². The summed E-state index contributed by atoms with van der Waals surface area (Å²) in [7, 11) is 1.72. The fourth-order valence-corrected chi connectivity index (χ4v) is 0.595. The van der Waals surface area contributed by atoms with Gasteiger partial charge in [-0.1, -0.05) is 0 Å². The van der Waals surface area contributed by atoms with Crippen molar-refractivity contribution in [2.45, 2.75) is 0 Å². The molecule has 1 aromatic rings. The topological polar surface area (TPSA) is 60.9 Å². The molecular weight excluding hydrogens is 154 g/mol. The van der Waals surface area contributed by atoms with Crippen molar-refractivity contribution in [1.29, 1.82) is 0 Å². The molecule has 1 rings (SSSR count). The van der Waals surface area contributed by atoms with E-state index < -0.39 is 5.91 Å². The summed E-state index contributed by atoms with van der Waals surface area (Å²) < 4.78 is 1.57. The zero-order valence-corrected chi connectivity index (χ0v) is 6.26. The Morgan fingerprint density at radius 3 is 2.60 bits per heavy atom. The lowest BCUT2D eigenvalue weighted by atomic mass is 10.4. The fourth-order valence-electron chi connectivity index (χ4n) is 0.595. The summed E-state index contributed by atoms with van der Waals surface area (Å²) in [5, 5.41) is 0. The van der Waals surface area contributed by atoms with Gasteiger partial charge in [-0.3, -0.25) is 4.79 Å². The maximum Gasteiger partial charge on any atom is 0.266 e. The lowest BCUT2D eigenvalue weighted by molar-refractivity contribution is 0.0992. The summed E-state index contributed by atoms with van der Waals surface area (Å²) in [5.74, 6) is -0.449. The third-order valence-electron chi connectivity index (χ3n) is 1.07. The zero-order chi connectivity index (χ0) is 6.85. The smallest absolute Gasteiger partial charge is 0.266 e. The van der Waals surface area contributed by atoms with E-state index >= 15 is 0 Å². The molecule has 0 saturated heterocycles. The number of carbonyl (C=O) groups excluding carboxylic acids is 1. The summed E-state index contributed by atoms with van der Waals surface area (Å²) in [5.41, 5.74) is 5.39. The van der Waals surface area contributed by atoms with E-state index in [0.717, 1.165) is 0 Å². The SMILES string of the molecule is Cl.Cn1cncc1C(N)=O. The molecule has 0 saturated carbocycles. The van der Waals surface area contributed by atoms with E-state index in [1.54, 1.807) is 11.6 Å². The molecule has 0 spiro atoms. The van der Waals surface area contributed by atoms with E-state index in [-0.39, 0.29) is 12.4 Å². The molecule has 10 heavy (non-hydrogen) atoms. The molecule has 0 unspecified atom stereocenters. The molecule has 2 N–H and O–H groups in total. The van der Waals surface area contributed by atoms with E-state index in [1.165, 1.54) is 12.5 Å². The minimum Gasteiger partial charge on any atom is -0.364 e. The molecule has 0 aliphatic heterocycles. The molecular formula is C5H8ClN3O. The van der Waals surface area contributed by atoms with Crippen molar-refractivity contribution < 1.29 is 4.79 Å². The molecule has 0 aromatic carbocycles. The van der Waals surface area contributed by atoms with Gasteiger partial charge in [-0.25, -0.2) is 4.98 Å². The summed E-state index contributed by atoms with van der Waals surface area (Å²) in [6.45, 7) is 0. The highest BCUT2D eigenvalue weighted by Crippen LogP contribution is 1.91. The van der Waals surface area contributed by atoms with Crippen molar-refractivity contribution in [3.63, 3.8) is 0 Å². The molecule has 4 nitrogen and oxygen atoms in total. The van der Waals surface area contributed by atoms with Gasteiger partial charge in [0, 0.05) is 7.05 Å². The lowest BCUT2D eigenvalue weighted by Gasteiger charge is -1.92. The summed E-state index contributed by atoms with van der Waals surface area (Å²) in [6, 6.07) is 0. The second kappa shape index (κ2) is 3.22. The van der Waals surface area contributed by atoms with Crippen molar-refractivity contribution in [2.24, 2.45) is 12.8 Å². The second-order valence-corrected chi connectivity index (χ2v) is 1.75. The summed E-state index contributed by atoms with van der Waals surface area (Å²) >= 11 is 0. The van der Waals surface area contributed by atoms with Crippen LogP contribution in [-0.2, 0) is 7.05 Å². The van der Waals surface area contributed by atoms with E-state index in [2.05, 4.69) is 4.98 Å². The van der Waals surface area contributed by atoms with E-state index in [4.69, 9.17) is 5.73 Å². The maximum absolute atomic E-state index is 10.4. The predicted molar refractivity (Wildman–Crippen MR) is 39.0 cm³/mol. The molecule has 0 atom stereocenters. The number of carbonyl (C=O) groups is 1. The average Bonchev–Trinajstić information content (AvgIpc) is 2.13. The first kappa shape index (κ1) is 8.97. The third kappa shape index (κ3) is 1.48. The summed E-state index contributed by atoms with van der Waals surface area (Å²) in [6.07, 6.45) is 2.96. The fraction of sp³-hybridized carbons (Fsp3) is 0.200. The van der Waals surface area contributed by atoms with Crippen LogP contribution < -0.4 is 5.73 Å². The lowest BCUT2D eigenvalue weighted by Crippen LogP contribution is -2.14. The second-order valence-electron chi connectivity index (χ2n) is 1.75. The number of nitrogens with zero attached hydrogens (tertiary/aromatic N) is 2. The number of hydrogen-bond donors (Lipinski definition) is 1. The molecule has 5 heteroatoms. The van der Waals surface area contributed by atoms with Crippen LogP contribution in [0.4, 0.5) is 0 Å². The number of rotatable bonds is 1. The van der Waals surface area contributed by atoms with E-state index in [9.17, 15) is 4.79 Å². The van der Waals surface area contributed by atoms with Crippen molar-refractivity contribution >= 4 is 18.3 Å². The number of aromatic nitrogens is 2. The highest BCUT2D eigenvalue weighted by Gasteiger charge is 2.01. The predicted octanol–water partition coefficient (Wildman–Crippen LogP) is -0.0592. The Hall–Kier alpha value is -1.03. The van der Waals surface area contributed by atoms with Crippen LogP contribution >= 0.6 is 12.4 Å². The van der Waals surface area contributed by atoms with Crippen molar-refractivity contribution in [3.05, 3.63) is 18.2 Å². The number of primary amides is 1. The molecule has 1 heterocycles. The van der Waals surface area contributed by atoms with Gasteiger partial charge in [0.05, 0.1) is 12.5 Å². The Morgan fingerprint density at radius 1 is 1.80 bits per heavy atom. The normalized spacial score (nSPS) is 8.50. The van der Waals surface area contributed by atoms with Crippen LogP contribution in [0.25, 0.3) is 0 Å². The molecule has 0 fully saturated rings. The molecule has 0 bridgehead atoms. The van der Waals surface area contributed by atoms with Crippen molar-refractivity contribution in [1.82, 2.24) is 9.55 Å². The number of nitrogens with two attached hydrogens (primary N) is 1. The van der Waals surface area contributed by atoms with Crippen LogP contribution in [0, 0.1) is 0 Å². The van der Waals surface area contributed by atoms with Gasteiger partial charge in [0.1, 0.15) is 5.69 Å². The van der Waals surface area contributed by atoms with Gasteiger partial charge in [-0.2, -0.15) is 0 Å². The van der Waals surface area contributed by atoms with Crippen LogP contribution in [0.5, 0.6) is 0 Å². The molecule has 0 aliphatic rings. The highest BCUT2D eigenvalue weighted by atomic mass is 35.5. The Bertz CT molecular complexity index is 233. The first-order chi connectivity index (χ1) is 4.22. The summed E-state index contributed by atoms with van der Waals surface area (Å²) in [4.78, 5) is 14.1. The van der Waals surface area contributed by atoms with Gasteiger partial charge in [-0.05, 0) is 0 Å². The molecule has 56 valence electrons. The van der Waals surface area contributed by atoms with Crippen LogP contribution in [0.2, 0.25) is 0 Å². The largest absolute Gasteiger partial charge is 0.364 e. The van der Waals surface area contributed by atoms with Crippen LogP contribution in [-0.4, -0.2) is 15.5 Å². The number of aryl methyl sites for hydroxylation is 1. The number of halogens is 1. The standard InChI is InChI=1S/C5H7N3O.ClH/c1-8-3-7-2-4(8)5(6)9;/h2-3H,1H3,(H2,6,9);1H. The number of imidazole rings is 1. The first-order valence-corrected chi connectivity index (χ1v) is 2.48. The monoisotopic (exact) mass is 161 g/mol. The third-order valence-corrected chi connectivity index (χ3v) is 1.07. The quantitative estimate of drug-likeness (QED) is 0.628. The Labute approximate surface area is 64.5 Å².